The number of carboxylic acids is 1. The van der Waals surface area contributed by atoms with E-state index in [9.17, 15) is 34.5 Å². The van der Waals surface area contributed by atoms with Crippen molar-refractivity contribution in [2.75, 3.05) is 12.0 Å². The van der Waals surface area contributed by atoms with E-state index < -0.39 is 54.0 Å². The number of carbonyl (C=O) groups is 4. The Morgan fingerprint density at radius 3 is 2.24 bits per heavy atom. The first kappa shape index (κ1) is 32.4. The van der Waals surface area contributed by atoms with Gasteiger partial charge in [0.1, 0.15) is 23.9 Å². The molecule has 0 aliphatic rings. The highest BCUT2D eigenvalue weighted by Crippen LogP contribution is 2.19. The maximum Gasteiger partial charge on any atom is 0.326 e. The molecule has 3 aromatic rings. The SMILES string of the molecule is CSCCC(NC(=O)C(NC(=O)C(Cc1c[nH]c2ccccc12)NC(=O)C(N)Cc1ccc(O)cc1)C(C)O)C(=O)O. The van der Waals surface area contributed by atoms with Crippen molar-refractivity contribution in [3.05, 3.63) is 65.9 Å². The van der Waals surface area contributed by atoms with Gasteiger partial charge in [-0.15, -0.1) is 0 Å². The molecule has 12 nitrogen and oxygen atoms in total. The Balaban J connectivity index is 1.81. The molecule has 0 bridgehead atoms. The molecule has 0 radical (unpaired) electrons. The quantitative estimate of drug-likeness (QED) is 0.123. The van der Waals surface area contributed by atoms with Crippen LogP contribution in [0.2, 0.25) is 0 Å². The predicted molar refractivity (Wildman–Crippen MR) is 160 cm³/mol. The van der Waals surface area contributed by atoms with Crippen LogP contribution in [0, 0.1) is 0 Å². The number of thioether (sulfide) groups is 1. The first-order valence-electron chi connectivity index (χ1n) is 13.4. The van der Waals surface area contributed by atoms with E-state index in [0.29, 0.717) is 11.3 Å². The molecule has 1 aromatic heterocycles. The van der Waals surface area contributed by atoms with E-state index in [1.54, 1.807) is 24.6 Å². The average molecular weight is 600 g/mol. The number of hydrogen-bond donors (Lipinski definition) is 8. The molecule has 9 N–H and O–H groups in total. The normalized spacial score (nSPS) is 14.8. The number of rotatable bonds is 15. The van der Waals surface area contributed by atoms with E-state index in [2.05, 4.69) is 20.9 Å². The van der Waals surface area contributed by atoms with Crippen molar-refractivity contribution in [3.63, 3.8) is 0 Å². The number of phenols is 1. The van der Waals surface area contributed by atoms with E-state index >= 15 is 0 Å². The molecule has 3 amide bonds. The second-order valence-corrected chi connectivity index (χ2v) is 11.0. The number of aromatic nitrogens is 1. The van der Waals surface area contributed by atoms with Crippen LogP contribution in [0.15, 0.2) is 54.7 Å². The highest BCUT2D eigenvalue weighted by Gasteiger charge is 2.33. The summed E-state index contributed by atoms with van der Waals surface area (Å²) in [6.07, 6.45) is 2.48. The predicted octanol–water partition coefficient (Wildman–Crippen LogP) is 0.659. The van der Waals surface area contributed by atoms with Crippen LogP contribution in [0.5, 0.6) is 5.75 Å². The van der Waals surface area contributed by atoms with Gasteiger partial charge in [0.05, 0.1) is 12.1 Å². The summed E-state index contributed by atoms with van der Waals surface area (Å²) in [5.41, 5.74) is 8.40. The number of para-hydroxylation sites is 1. The smallest absolute Gasteiger partial charge is 0.326 e. The van der Waals surface area contributed by atoms with E-state index in [1.807, 2.05) is 24.3 Å². The minimum absolute atomic E-state index is 0.0349. The molecule has 0 spiro atoms. The zero-order valence-corrected chi connectivity index (χ0v) is 24.2. The fourth-order valence-corrected chi connectivity index (χ4v) is 4.87. The molecule has 226 valence electrons. The van der Waals surface area contributed by atoms with Gasteiger partial charge < -0.3 is 42.0 Å². The second-order valence-electron chi connectivity index (χ2n) is 10.0. The lowest BCUT2D eigenvalue weighted by Gasteiger charge is -2.26. The number of amides is 3. The van der Waals surface area contributed by atoms with E-state index in [0.717, 1.165) is 16.5 Å². The summed E-state index contributed by atoms with van der Waals surface area (Å²) in [7, 11) is 0. The summed E-state index contributed by atoms with van der Waals surface area (Å²) >= 11 is 1.42. The van der Waals surface area contributed by atoms with Gasteiger partial charge in [-0.05, 0) is 61.1 Å². The van der Waals surface area contributed by atoms with Gasteiger partial charge in [0, 0.05) is 23.5 Å². The lowest BCUT2D eigenvalue weighted by molar-refractivity contribution is -0.143. The fourth-order valence-electron chi connectivity index (χ4n) is 4.40. The van der Waals surface area contributed by atoms with Crippen LogP contribution in [0.25, 0.3) is 10.9 Å². The highest BCUT2D eigenvalue weighted by atomic mass is 32.2. The number of hydrogen-bond acceptors (Lipinski definition) is 8. The molecule has 1 heterocycles. The summed E-state index contributed by atoms with van der Waals surface area (Å²) in [6.45, 7) is 1.29. The topological polar surface area (TPSA) is 207 Å². The summed E-state index contributed by atoms with van der Waals surface area (Å²) in [6, 6.07) is 8.73. The van der Waals surface area contributed by atoms with Gasteiger partial charge in [0.2, 0.25) is 17.7 Å². The minimum Gasteiger partial charge on any atom is -0.508 e. The number of carboxylic acid groups (broad SMARTS) is 1. The lowest BCUT2D eigenvalue weighted by Crippen LogP contribution is -2.60. The maximum atomic E-state index is 13.6. The van der Waals surface area contributed by atoms with Gasteiger partial charge >= 0.3 is 5.97 Å². The molecule has 5 atom stereocenters. The largest absolute Gasteiger partial charge is 0.508 e. The first-order chi connectivity index (χ1) is 20.0. The lowest BCUT2D eigenvalue weighted by atomic mass is 10.0. The number of carbonyl (C=O) groups excluding carboxylic acids is 3. The fraction of sp³-hybridized carbons (Fsp3) is 0.379. The van der Waals surface area contributed by atoms with Crippen molar-refractivity contribution in [2.45, 2.75) is 56.5 Å². The zero-order chi connectivity index (χ0) is 30.8. The molecule has 0 fully saturated rings. The molecule has 0 saturated carbocycles. The molecule has 2 aromatic carbocycles. The number of H-pyrrole nitrogens is 1. The van der Waals surface area contributed by atoms with Gasteiger partial charge in [-0.1, -0.05) is 30.3 Å². The number of nitrogens with one attached hydrogen (secondary N) is 4. The summed E-state index contributed by atoms with van der Waals surface area (Å²) in [5, 5.41) is 37.7. The summed E-state index contributed by atoms with van der Waals surface area (Å²) in [4.78, 5) is 54.4. The van der Waals surface area contributed by atoms with E-state index in [-0.39, 0.29) is 25.0 Å². The van der Waals surface area contributed by atoms with Crippen LogP contribution in [0.4, 0.5) is 0 Å². The van der Waals surface area contributed by atoms with Crippen LogP contribution in [-0.4, -0.2) is 86.3 Å². The highest BCUT2D eigenvalue weighted by molar-refractivity contribution is 7.98. The van der Waals surface area contributed by atoms with E-state index in [4.69, 9.17) is 5.73 Å². The number of aliphatic hydroxyl groups excluding tert-OH is 1. The van der Waals surface area contributed by atoms with Crippen molar-refractivity contribution in [2.24, 2.45) is 5.73 Å². The number of fused-ring (bicyclic) bond motifs is 1. The molecule has 42 heavy (non-hydrogen) atoms. The van der Waals surface area contributed by atoms with Gasteiger partial charge in [-0.25, -0.2) is 4.79 Å². The number of phenolic OH excluding ortho intramolecular Hbond substituents is 1. The second kappa shape index (κ2) is 15.2. The monoisotopic (exact) mass is 599 g/mol. The Kier molecular flexibility index (Phi) is 11.8. The number of aromatic hydroxyl groups is 1. The van der Waals surface area contributed by atoms with Crippen molar-refractivity contribution >= 4 is 46.4 Å². The van der Waals surface area contributed by atoms with Crippen molar-refractivity contribution < 1.29 is 34.5 Å². The van der Waals surface area contributed by atoms with Gasteiger partial charge in [0.15, 0.2) is 0 Å². The van der Waals surface area contributed by atoms with Crippen LogP contribution >= 0.6 is 11.8 Å². The molecular formula is C29H37N5O7S. The Morgan fingerprint density at radius 1 is 0.929 bits per heavy atom. The maximum absolute atomic E-state index is 13.6. The van der Waals surface area contributed by atoms with Crippen molar-refractivity contribution in [1.29, 1.82) is 0 Å². The third-order valence-electron chi connectivity index (χ3n) is 6.75. The molecule has 5 unspecified atom stereocenters. The minimum atomic E-state index is -1.48. The number of nitrogens with two attached hydrogens (primary N) is 1. The average Bonchev–Trinajstić information content (AvgIpc) is 3.36. The Labute approximate surface area is 247 Å². The molecule has 0 aliphatic heterocycles. The Hall–Kier alpha value is -4.07. The van der Waals surface area contributed by atoms with Crippen molar-refractivity contribution in [1.82, 2.24) is 20.9 Å². The molecule has 0 saturated heterocycles. The summed E-state index contributed by atoms with van der Waals surface area (Å²) in [5.74, 6) is -2.94. The van der Waals surface area contributed by atoms with Crippen LogP contribution in [0.3, 0.4) is 0 Å². The van der Waals surface area contributed by atoms with Crippen LogP contribution < -0.4 is 21.7 Å². The molecule has 3 rings (SSSR count). The third kappa shape index (κ3) is 8.96. The van der Waals surface area contributed by atoms with Crippen LogP contribution in [0.1, 0.15) is 24.5 Å². The first-order valence-corrected chi connectivity index (χ1v) is 14.8. The Bertz CT molecular complexity index is 1380. The Morgan fingerprint density at radius 2 is 1.60 bits per heavy atom. The van der Waals surface area contributed by atoms with Gasteiger partial charge in [-0.3, -0.25) is 14.4 Å². The molecule has 13 heteroatoms. The third-order valence-corrected chi connectivity index (χ3v) is 7.39. The molecule has 0 aliphatic carbocycles. The standard InChI is InChI=1S/C29H37N5O7S/c1-16(35)25(28(39)32-23(29(40)41)11-12-42-2)34-27(38)24(14-18-15-31-22-6-4-3-5-20(18)22)33-26(37)21(30)13-17-7-9-19(36)10-8-17/h3-10,15-16,21,23-25,31,35-36H,11-14,30H2,1-2H3,(H,32,39)(H,33,37)(H,34,38)(H,40,41). The zero-order valence-electron chi connectivity index (χ0n) is 23.4. The van der Waals surface area contributed by atoms with Gasteiger partial charge in [-0.2, -0.15) is 11.8 Å². The number of benzene rings is 2. The van der Waals surface area contributed by atoms with E-state index in [1.165, 1.54) is 30.8 Å². The van der Waals surface area contributed by atoms with Crippen LogP contribution in [-0.2, 0) is 32.0 Å². The molecular weight excluding hydrogens is 562 g/mol. The van der Waals surface area contributed by atoms with Crippen molar-refractivity contribution in [3.8, 4) is 5.75 Å². The number of aromatic amines is 1. The number of aliphatic carboxylic acids is 1. The summed E-state index contributed by atoms with van der Waals surface area (Å²) < 4.78 is 0. The van der Waals surface area contributed by atoms with Gasteiger partial charge in [0.25, 0.3) is 0 Å². The number of aliphatic hydroxyl groups is 1.